The second-order valence-electron chi connectivity index (χ2n) is 5.79. The Hall–Kier alpha value is -1.43. The molecule has 1 amide bonds. The summed E-state index contributed by atoms with van der Waals surface area (Å²) in [6, 6.07) is 12.0. The van der Waals surface area contributed by atoms with E-state index in [-0.39, 0.29) is 12.0 Å². The van der Waals surface area contributed by atoms with Gasteiger partial charge in [0.2, 0.25) is 5.91 Å². The molecule has 1 saturated heterocycles. The van der Waals surface area contributed by atoms with Crippen molar-refractivity contribution in [3.8, 4) is 0 Å². The molecule has 0 radical (unpaired) electrons. The highest BCUT2D eigenvalue weighted by molar-refractivity contribution is 9.10. The number of carbonyl (C=O) groups excluding carboxylic acids is 1. The quantitative estimate of drug-likeness (QED) is 0.649. The average Bonchev–Trinajstić information content (AvgIpc) is 3.27. The standard InChI is InChI=1S/C19H20BrNO2S/c20-18-8-2-1-5-15(18)9-10-19(22)21(13-16-6-3-11-23-16)14-17-7-4-12-24-17/h1-2,4-5,7-10,12,16H,3,6,11,13-14H2/b10-9+. The Morgan fingerprint density at radius 2 is 2.21 bits per heavy atom. The lowest BCUT2D eigenvalue weighted by atomic mass is 10.2. The predicted octanol–water partition coefficient (Wildman–Crippen LogP) is 4.73. The molecule has 2 heterocycles. The maximum Gasteiger partial charge on any atom is 0.246 e. The van der Waals surface area contributed by atoms with E-state index in [0.717, 1.165) is 29.5 Å². The lowest BCUT2D eigenvalue weighted by molar-refractivity contribution is -0.128. The fourth-order valence-electron chi connectivity index (χ4n) is 2.73. The molecule has 5 heteroatoms. The summed E-state index contributed by atoms with van der Waals surface area (Å²) in [5, 5.41) is 2.04. The number of rotatable bonds is 6. The van der Waals surface area contributed by atoms with E-state index in [2.05, 4.69) is 22.0 Å². The molecule has 0 N–H and O–H groups in total. The van der Waals surface area contributed by atoms with Crippen LogP contribution in [0, 0.1) is 0 Å². The summed E-state index contributed by atoms with van der Waals surface area (Å²) >= 11 is 5.19. The van der Waals surface area contributed by atoms with Gasteiger partial charge in [-0.05, 0) is 42.0 Å². The number of thiophene rings is 1. The van der Waals surface area contributed by atoms with Crippen LogP contribution in [0.1, 0.15) is 23.3 Å². The number of benzene rings is 1. The number of carbonyl (C=O) groups is 1. The molecule has 1 atom stereocenters. The van der Waals surface area contributed by atoms with Gasteiger partial charge in [-0.25, -0.2) is 0 Å². The lowest BCUT2D eigenvalue weighted by Gasteiger charge is -2.23. The number of ether oxygens (including phenoxy) is 1. The molecular weight excluding hydrogens is 386 g/mol. The molecule has 0 spiro atoms. The number of hydrogen-bond acceptors (Lipinski definition) is 3. The third-order valence-corrected chi connectivity index (χ3v) is 5.58. The SMILES string of the molecule is O=C(/C=C/c1ccccc1Br)N(Cc1cccs1)CC1CCCO1. The number of amides is 1. The number of hydrogen-bond donors (Lipinski definition) is 0. The molecule has 1 aliphatic heterocycles. The van der Waals surface area contributed by atoms with Gasteiger partial charge in [0.1, 0.15) is 0 Å². The van der Waals surface area contributed by atoms with Crippen molar-refractivity contribution in [2.75, 3.05) is 13.2 Å². The van der Waals surface area contributed by atoms with E-state index < -0.39 is 0 Å². The highest BCUT2D eigenvalue weighted by atomic mass is 79.9. The van der Waals surface area contributed by atoms with Crippen LogP contribution in [-0.2, 0) is 16.1 Å². The molecule has 0 bridgehead atoms. The van der Waals surface area contributed by atoms with Gasteiger partial charge in [-0.2, -0.15) is 0 Å². The van der Waals surface area contributed by atoms with Crippen LogP contribution < -0.4 is 0 Å². The summed E-state index contributed by atoms with van der Waals surface area (Å²) in [6.45, 7) is 2.09. The van der Waals surface area contributed by atoms with Crippen molar-refractivity contribution in [3.05, 3.63) is 62.8 Å². The van der Waals surface area contributed by atoms with Crippen LogP contribution in [0.25, 0.3) is 6.08 Å². The zero-order valence-corrected chi connectivity index (χ0v) is 15.8. The van der Waals surface area contributed by atoms with Gasteiger partial charge >= 0.3 is 0 Å². The molecule has 1 aliphatic rings. The monoisotopic (exact) mass is 405 g/mol. The Kier molecular flexibility index (Phi) is 6.24. The van der Waals surface area contributed by atoms with E-state index in [1.165, 1.54) is 4.88 Å². The molecule has 1 aromatic heterocycles. The Morgan fingerprint density at radius 3 is 2.92 bits per heavy atom. The smallest absolute Gasteiger partial charge is 0.246 e. The first-order chi connectivity index (χ1) is 11.7. The summed E-state index contributed by atoms with van der Waals surface area (Å²) < 4.78 is 6.70. The third kappa shape index (κ3) is 4.79. The summed E-state index contributed by atoms with van der Waals surface area (Å²) in [5.74, 6) is 0.0228. The Morgan fingerprint density at radius 1 is 1.33 bits per heavy atom. The van der Waals surface area contributed by atoms with Crippen molar-refractivity contribution in [2.45, 2.75) is 25.5 Å². The molecule has 0 saturated carbocycles. The van der Waals surface area contributed by atoms with Gasteiger partial charge in [0.25, 0.3) is 0 Å². The van der Waals surface area contributed by atoms with Gasteiger partial charge in [-0.3, -0.25) is 4.79 Å². The van der Waals surface area contributed by atoms with Crippen LogP contribution in [0.2, 0.25) is 0 Å². The molecule has 3 nitrogen and oxygen atoms in total. The first-order valence-corrected chi connectivity index (χ1v) is 9.75. The van der Waals surface area contributed by atoms with Crippen molar-refractivity contribution in [3.63, 3.8) is 0 Å². The zero-order chi connectivity index (χ0) is 16.8. The Labute approximate surface area is 155 Å². The zero-order valence-electron chi connectivity index (χ0n) is 13.4. The van der Waals surface area contributed by atoms with Gasteiger partial charge in [0.15, 0.2) is 0 Å². The van der Waals surface area contributed by atoms with E-state index in [9.17, 15) is 4.79 Å². The first-order valence-electron chi connectivity index (χ1n) is 8.08. The Balaban J connectivity index is 1.70. The highest BCUT2D eigenvalue weighted by Gasteiger charge is 2.22. The van der Waals surface area contributed by atoms with Crippen molar-refractivity contribution < 1.29 is 9.53 Å². The van der Waals surface area contributed by atoms with E-state index in [1.807, 2.05) is 46.7 Å². The van der Waals surface area contributed by atoms with Gasteiger partial charge < -0.3 is 9.64 Å². The van der Waals surface area contributed by atoms with Gasteiger partial charge in [-0.15, -0.1) is 11.3 Å². The van der Waals surface area contributed by atoms with Crippen LogP contribution in [0.15, 0.2) is 52.3 Å². The normalized spacial score (nSPS) is 17.5. The van der Waals surface area contributed by atoms with E-state index in [0.29, 0.717) is 13.1 Å². The summed E-state index contributed by atoms with van der Waals surface area (Å²) in [6.07, 6.45) is 5.79. The van der Waals surface area contributed by atoms with Crippen LogP contribution in [-0.4, -0.2) is 30.1 Å². The van der Waals surface area contributed by atoms with Crippen molar-refractivity contribution in [1.29, 1.82) is 0 Å². The average molecular weight is 406 g/mol. The van der Waals surface area contributed by atoms with Crippen LogP contribution >= 0.6 is 27.3 Å². The summed E-state index contributed by atoms with van der Waals surface area (Å²) in [7, 11) is 0. The van der Waals surface area contributed by atoms with Crippen LogP contribution in [0.5, 0.6) is 0 Å². The molecule has 0 aliphatic carbocycles. The second-order valence-corrected chi connectivity index (χ2v) is 7.67. The second kappa shape index (κ2) is 8.60. The van der Waals surface area contributed by atoms with Gasteiger partial charge in [0, 0.05) is 28.6 Å². The molecular formula is C19H20BrNO2S. The van der Waals surface area contributed by atoms with E-state index in [4.69, 9.17) is 4.74 Å². The number of nitrogens with zero attached hydrogens (tertiary/aromatic N) is 1. The molecule has 2 aromatic rings. The molecule has 126 valence electrons. The largest absolute Gasteiger partial charge is 0.376 e. The van der Waals surface area contributed by atoms with Gasteiger partial charge in [0.05, 0.1) is 12.6 Å². The minimum absolute atomic E-state index is 0.0228. The van der Waals surface area contributed by atoms with E-state index in [1.54, 1.807) is 17.4 Å². The molecule has 3 rings (SSSR count). The summed E-state index contributed by atoms with van der Waals surface area (Å²) in [5.41, 5.74) is 0.999. The number of halogens is 1. The van der Waals surface area contributed by atoms with Gasteiger partial charge in [-0.1, -0.05) is 40.2 Å². The highest BCUT2D eigenvalue weighted by Crippen LogP contribution is 2.19. The molecule has 1 fully saturated rings. The summed E-state index contributed by atoms with van der Waals surface area (Å²) in [4.78, 5) is 15.8. The van der Waals surface area contributed by atoms with Crippen molar-refractivity contribution >= 4 is 39.2 Å². The fraction of sp³-hybridized carbons (Fsp3) is 0.316. The minimum atomic E-state index is 0.0228. The van der Waals surface area contributed by atoms with E-state index >= 15 is 0 Å². The van der Waals surface area contributed by atoms with Crippen molar-refractivity contribution in [2.24, 2.45) is 0 Å². The molecule has 1 unspecified atom stereocenters. The lowest BCUT2D eigenvalue weighted by Crippen LogP contribution is -2.35. The molecule has 24 heavy (non-hydrogen) atoms. The first kappa shape index (κ1) is 17.4. The Bertz CT molecular complexity index is 693. The van der Waals surface area contributed by atoms with Crippen LogP contribution in [0.4, 0.5) is 0 Å². The topological polar surface area (TPSA) is 29.5 Å². The minimum Gasteiger partial charge on any atom is -0.376 e. The maximum atomic E-state index is 12.7. The van der Waals surface area contributed by atoms with Crippen LogP contribution in [0.3, 0.4) is 0 Å². The van der Waals surface area contributed by atoms with Crippen molar-refractivity contribution in [1.82, 2.24) is 4.90 Å². The molecule has 1 aromatic carbocycles. The maximum absolute atomic E-state index is 12.7. The third-order valence-electron chi connectivity index (χ3n) is 4.00. The fourth-order valence-corrected chi connectivity index (χ4v) is 3.87. The predicted molar refractivity (Wildman–Crippen MR) is 102 cm³/mol.